The van der Waals surface area contributed by atoms with Crippen LogP contribution < -0.4 is 21.8 Å². The van der Waals surface area contributed by atoms with Crippen molar-refractivity contribution in [1.29, 1.82) is 0 Å². The zero-order valence-electron chi connectivity index (χ0n) is 17.6. The van der Waals surface area contributed by atoms with Gasteiger partial charge in [0.25, 0.3) is 5.56 Å². The number of hydrogen-bond donors (Lipinski definition) is 3. The second kappa shape index (κ2) is 8.14. The molecular formula is C24H20FN3O4. The number of rotatable bonds is 4. The molecule has 162 valence electrons. The fraction of sp³-hybridized carbons (Fsp3) is 0.125. The lowest BCUT2D eigenvalue weighted by Gasteiger charge is -2.15. The first-order chi connectivity index (χ1) is 15.3. The van der Waals surface area contributed by atoms with Crippen molar-refractivity contribution in [1.82, 2.24) is 4.98 Å². The van der Waals surface area contributed by atoms with Crippen LogP contribution in [0.3, 0.4) is 0 Å². The van der Waals surface area contributed by atoms with Crippen molar-refractivity contribution in [3.05, 3.63) is 86.4 Å². The van der Waals surface area contributed by atoms with E-state index in [4.69, 9.17) is 4.42 Å². The number of carbonyl (C=O) groups is 1. The summed E-state index contributed by atoms with van der Waals surface area (Å²) < 4.78 is 19.9. The van der Waals surface area contributed by atoms with Gasteiger partial charge in [0.15, 0.2) is 5.58 Å². The molecule has 0 radical (unpaired) electrons. The van der Waals surface area contributed by atoms with Crippen LogP contribution in [0, 0.1) is 19.7 Å². The van der Waals surface area contributed by atoms with Crippen molar-refractivity contribution in [2.24, 2.45) is 0 Å². The van der Waals surface area contributed by atoms with Gasteiger partial charge in [-0.1, -0.05) is 24.3 Å². The Morgan fingerprint density at radius 1 is 1.06 bits per heavy atom. The van der Waals surface area contributed by atoms with E-state index in [0.717, 1.165) is 0 Å². The van der Waals surface area contributed by atoms with Crippen molar-refractivity contribution in [2.45, 2.75) is 20.8 Å². The first-order valence-electron chi connectivity index (χ1n) is 9.86. The number of pyridine rings is 1. The number of anilines is 3. The third-order valence-electron chi connectivity index (χ3n) is 5.09. The standard InChI is InChI=1S/C24H20FN3O4/c1-12-21(28-18-10-5-4-9-17(18)25)20-22(32-24(12)31)19(13(2)26-23(20)30)15-7-6-8-16(11-15)27-14(3)29/h4-11,28H,1-3H3,(H,26,30)(H,27,29). The van der Waals surface area contributed by atoms with E-state index >= 15 is 0 Å². The lowest BCUT2D eigenvalue weighted by molar-refractivity contribution is -0.114. The number of aromatic nitrogens is 1. The highest BCUT2D eigenvalue weighted by Gasteiger charge is 2.21. The quantitative estimate of drug-likeness (QED) is 0.436. The topological polar surface area (TPSA) is 104 Å². The van der Waals surface area contributed by atoms with Gasteiger partial charge >= 0.3 is 5.63 Å². The SMILES string of the molecule is CC(=O)Nc1cccc(-c2c(C)[nH]c(=O)c3c(Nc4ccccc4F)c(C)c(=O)oc23)c1. The molecule has 7 nitrogen and oxygen atoms in total. The summed E-state index contributed by atoms with van der Waals surface area (Å²) in [6.07, 6.45) is 0. The lowest BCUT2D eigenvalue weighted by Crippen LogP contribution is -2.17. The predicted molar refractivity (Wildman–Crippen MR) is 122 cm³/mol. The first kappa shape index (κ1) is 21.0. The number of carbonyl (C=O) groups excluding carboxylic acids is 1. The van der Waals surface area contributed by atoms with Crippen molar-refractivity contribution >= 4 is 33.9 Å². The molecule has 3 N–H and O–H groups in total. The molecule has 0 aliphatic rings. The number of aromatic amines is 1. The van der Waals surface area contributed by atoms with Gasteiger partial charge in [-0.05, 0) is 43.7 Å². The highest BCUT2D eigenvalue weighted by atomic mass is 19.1. The third-order valence-corrected chi connectivity index (χ3v) is 5.09. The second-order valence-corrected chi connectivity index (χ2v) is 7.41. The van der Waals surface area contributed by atoms with E-state index in [9.17, 15) is 18.8 Å². The smallest absolute Gasteiger partial charge is 0.341 e. The highest BCUT2D eigenvalue weighted by Crippen LogP contribution is 2.35. The molecule has 32 heavy (non-hydrogen) atoms. The van der Waals surface area contributed by atoms with Gasteiger partial charge in [0.1, 0.15) is 11.2 Å². The van der Waals surface area contributed by atoms with E-state index in [1.54, 1.807) is 43.3 Å². The van der Waals surface area contributed by atoms with Crippen molar-refractivity contribution < 1.29 is 13.6 Å². The summed E-state index contributed by atoms with van der Waals surface area (Å²) >= 11 is 0. The summed E-state index contributed by atoms with van der Waals surface area (Å²) in [7, 11) is 0. The van der Waals surface area contributed by atoms with Gasteiger partial charge < -0.3 is 20.0 Å². The number of H-pyrrole nitrogens is 1. The number of nitrogens with one attached hydrogen (secondary N) is 3. The molecule has 0 fully saturated rings. The van der Waals surface area contributed by atoms with Crippen LogP contribution in [0.1, 0.15) is 18.2 Å². The van der Waals surface area contributed by atoms with Crippen LogP contribution in [0.25, 0.3) is 22.1 Å². The Kier molecular flexibility index (Phi) is 5.36. The number of hydrogen-bond acceptors (Lipinski definition) is 5. The number of amides is 1. The largest absolute Gasteiger partial charge is 0.421 e. The molecule has 2 aromatic heterocycles. The van der Waals surface area contributed by atoms with Crippen molar-refractivity contribution in [3.8, 4) is 11.1 Å². The molecule has 0 atom stereocenters. The third kappa shape index (κ3) is 3.78. The number of para-hydroxylation sites is 1. The number of aryl methyl sites for hydroxylation is 1. The highest BCUT2D eigenvalue weighted by molar-refractivity contribution is 6.01. The van der Waals surface area contributed by atoms with Crippen LogP contribution >= 0.6 is 0 Å². The Morgan fingerprint density at radius 2 is 1.81 bits per heavy atom. The molecule has 0 aliphatic carbocycles. The van der Waals surface area contributed by atoms with E-state index in [1.165, 1.54) is 26.0 Å². The van der Waals surface area contributed by atoms with Gasteiger partial charge in [0.05, 0.1) is 16.9 Å². The summed E-state index contributed by atoms with van der Waals surface area (Å²) in [6, 6.07) is 12.9. The van der Waals surface area contributed by atoms with Crippen LogP contribution in [0.15, 0.2) is 62.5 Å². The van der Waals surface area contributed by atoms with Crippen LogP contribution in [0.2, 0.25) is 0 Å². The normalized spacial score (nSPS) is 10.9. The molecule has 0 unspecified atom stereocenters. The number of halogens is 1. The van der Waals surface area contributed by atoms with Gasteiger partial charge in [-0.25, -0.2) is 9.18 Å². The minimum atomic E-state index is -0.652. The Morgan fingerprint density at radius 3 is 2.53 bits per heavy atom. The second-order valence-electron chi connectivity index (χ2n) is 7.41. The molecule has 4 aromatic rings. The average Bonchev–Trinajstić information content (AvgIpc) is 2.72. The molecule has 1 amide bonds. The van der Waals surface area contributed by atoms with Gasteiger partial charge in [-0.15, -0.1) is 0 Å². The monoisotopic (exact) mass is 433 g/mol. The molecule has 8 heteroatoms. The lowest BCUT2D eigenvalue weighted by atomic mass is 10.00. The molecule has 2 heterocycles. The average molecular weight is 433 g/mol. The Labute approximate surface area is 181 Å². The molecule has 0 spiro atoms. The van der Waals surface area contributed by atoms with Crippen molar-refractivity contribution in [2.75, 3.05) is 10.6 Å². The zero-order chi connectivity index (χ0) is 23.0. The molecular weight excluding hydrogens is 413 g/mol. The summed E-state index contributed by atoms with van der Waals surface area (Å²) in [5.41, 5.74) is 1.51. The molecule has 0 bridgehead atoms. The van der Waals surface area contributed by atoms with Gasteiger partial charge in [0, 0.05) is 23.9 Å². The summed E-state index contributed by atoms with van der Waals surface area (Å²) in [5, 5.41) is 5.69. The van der Waals surface area contributed by atoms with Gasteiger partial charge in [-0.3, -0.25) is 9.59 Å². The maximum absolute atomic E-state index is 14.3. The number of benzene rings is 2. The van der Waals surface area contributed by atoms with Crippen LogP contribution in [-0.4, -0.2) is 10.9 Å². The van der Waals surface area contributed by atoms with E-state index < -0.39 is 17.0 Å². The minimum absolute atomic E-state index is 0.0701. The maximum Gasteiger partial charge on any atom is 0.341 e. The van der Waals surface area contributed by atoms with Crippen LogP contribution in [-0.2, 0) is 4.79 Å². The van der Waals surface area contributed by atoms with Gasteiger partial charge in [0.2, 0.25) is 5.91 Å². The number of fused-ring (bicyclic) bond motifs is 1. The van der Waals surface area contributed by atoms with Crippen LogP contribution in [0.4, 0.5) is 21.5 Å². The molecule has 0 saturated carbocycles. The fourth-order valence-corrected chi connectivity index (χ4v) is 3.64. The Bertz CT molecular complexity index is 1490. The Balaban J connectivity index is 2.02. The first-order valence-corrected chi connectivity index (χ1v) is 9.86. The van der Waals surface area contributed by atoms with E-state index in [1.807, 2.05) is 0 Å². The van der Waals surface area contributed by atoms with Crippen LogP contribution in [0.5, 0.6) is 0 Å². The Hall–Kier alpha value is -4.20. The summed E-state index contributed by atoms with van der Waals surface area (Å²) in [6.45, 7) is 4.59. The molecule has 0 aliphatic heterocycles. The zero-order valence-corrected chi connectivity index (χ0v) is 17.6. The van der Waals surface area contributed by atoms with E-state index in [-0.39, 0.29) is 33.8 Å². The van der Waals surface area contributed by atoms with E-state index in [0.29, 0.717) is 22.5 Å². The maximum atomic E-state index is 14.3. The van der Waals surface area contributed by atoms with Crippen molar-refractivity contribution in [3.63, 3.8) is 0 Å². The minimum Gasteiger partial charge on any atom is -0.421 e. The summed E-state index contributed by atoms with van der Waals surface area (Å²) in [4.78, 5) is 39.9. The molecule has 2 aromatic carbocycles. The van der Waals surface area contributed by atoms with Gasteiger partial charge in [-0.2, -0.15) is 0 Å². The molecule has 4 rings (SSSR count). The fourth-order valence-electron chi connectivity index (χ4n) is 3.64. The van der Waals surface area contributed by atoms with E-state index in [2.05, 4.69) is 15.6 Å². The molecule has 0 saturated heterocycles. The summed E-state index contributed by atoms with van der Waals surface area (Å²) in [5.74, 6) is -0.760. The predicted octanol–water partition coefficient (Wildman–Crippen LogP) is 4.61.